The molecule has 0 unspecified atom stereocenters. The summed E-state index contributed by atoms with van der Waals surface area (Å²) in [6.45, 7) is 0. The molecule has 19 heavy (non-hydrogen) atoms. The van der Waals surface area contributed by atoms with E-state index in [0.717, 1.165) is 17.3 Å². The van der Waals surface area contributed by atoms with Gasteiger partial charge in [-0.15, -0.1) is 0 Å². The molecular weight excluding hydrogens is 268 g/mol. The van der Waals surface area contributed by atoms with Gasteiger partial charge in [0.1, 0.15) is 5.04 Å². The van der Waals surface area contributed by atoms with Gasteiger partial charge in [-0.25, -0.2) is 9.59 Å². The lowest BCUT2D eigenvalue weighted by Gasteiger charge is -2.21. The highest BCUT2D eigenvalue weighted by Crippen LogP contribution is 2.34. The third-order valence-electron chi connectivity index (χ3n) is 2.53. The molecule has 0 saturated heterocycles. The first-order valence-corrected chi connectivity index (χ1v) is 6.22. The van der Waals surface area contributed by atoms with Crippen molar-refractivity contribution in [2.45, 2.75) is 4.87 Å². The molecule has 0 aromatic heterocycles. The number of carbonyl (C=O) groups is 2. The molecule has 2 rings (SSSR count). The van der Waals surface area contributed by atoms with Crippen LogP contribution in [0.2, 0.25) is 0 Å². The van der Waals surface area contributed by atoms with Gasteiger partial charge < -0.3 is 9.47 Å². The Morgan fingerprint density at radius 1 is 1.16 bits per heavy atom. The van der Waals surface area contributed by atoms with Crippen molar-refractivity contribution in [3.63, 3.8) is 0 Å². The molecule has 1 heterocycles. The highest BCUT2D eigenvalue weighted by molar-refractivity contribution is 8.17. The van der Waals surface area contributed by atoms with Crippen LogP contribution in [0.5, 0.6) is 0 Å². The lowest BCUT2D eigenvalue weighted by molar-refractivity contribution is -0.157. The van der Waals surface area contributed by atoms with Crippen molar-refractivity contribution < 1.29 is 19.1 Å². The standard InChI is InChI=1S/C12H12N2O4S/c1-17-10(15)12(11(16)18-2)14-13-9(19-12)8-6-4-3-5-7-8/h3-7,14H,1-2H3. The van der Waals surface area contributed by atoms with E-state index in [-0.39, 0.29) is 0 Å². The largest absolute Gasteiger partial charge is 0.466 e. The highest BCUT2D eigenvalue weighted by Gasteiger charge is 2.54. The molecule has 1 aromatic carbocycles. The SMILES string of the molecule is COC(=O)C1(C(=O)OC)NN=C(c2ccccc2)S1. The first-order chi connectivity index (χ1) is 9.14. The number of hydrogen-bond acceptors (Lipinski definition) is 7. The van der Waals surface area contributed by atoms with Crippen LogP contribution in [-0.2, 0) is 19.1 Å². The monoisotopic (exact) mass is 280 g/mol. The molecule has 0 radical (unpaired) electrons. The summed E-state index contributed by atoms with van der Waals surface area (Å²) in [6, 6.07) is 9.21. The van der Waals surface area contributed by atoms with Crippen LogP contribution in [0.3, 0.4) is 0 Å². The Balaban J connectivity index is 2.29. The second-order valence-electron chi connectivity index (χ2n) is 3.66. The van der Waals surface area contributed by atoms with E-state index < -0.39 is 16.8 Å². The first kappa shape index (κ1) is 13.4. The third kappa shape index (κ3) is 2.28. The minimum absolute atomic E-state index is 0.524. The van der Waals surface area contributed by atoms with E-state index in [1.165, 1.54) is 14.2 Å². The molecule has 0 fully saturated rings. The van der Waals surface area contributed by atoms with Crippen LogP contribution in [0.15, 0.2) is 35.4 Å². The minimum Gasteiger partial charge on any atom is -0.466 e. The van der Waals surface area contributed by atoms with E-state index >= 15 is 0 Å². The van der Waals surface area contributed by atoms with Crippen molar-refractivity contribution in [1.82, 2.24) is 5.43 Å². The van der Waals surface area contributed by atoms with Crippen molar-refractivity contribution in [3.05, 3.63) is 35.9 Å². The lowest BCUT2D eigenvalue weighted by atomic mass is 10.2. The van der Waals surface area contributed by atoms with Crippen LogP contribution < -0.4 is 5.43 Å². The number of carbonyl (C=O) groups excluding carboxylic acids is 2. The number of hydrogen-bond donors (Lipinski definition) is 1. The maximum absolute atomic E-state index is 11.8. The number of nitrogens with zero attached hydrogens (tertiary/aromatic N) is 1. The Morgan fingerprint density at radius 3 is 2.26 bits per heavy atom. The zero-order valence-corrected chi connectivity index (χ0v) is 11.2. The number of nitrogens with one attached hydrogen (secondary N) is 1. The summed E-state index contributed by atoms with van der Waals surface area (Å²) < 4.78 is 9.30. The van der Waals surface area contributed by atoms with Gasteiger partial charge in [0.05, 0.1) is 14.2 Å². The maximum Gasteiger partial charge on any atom is 0.356 e. The number of rotatable bonds is 3. The van der Waals surface area contributed by atoms with Gasteiger partial charge in [-0.3, -0.25) is 5.43 Å². The molecule has 6 nitrogen and oxygen atoms in total. The van der Waals surface area contributed by atoms with E-state index in [9.17, 15) is 9.59 Å². The molecule has 100 valence electrons. The fourth-order valence-corrected chi connectivity index (χ4v) is 2.63. The Kier molecular flexibility index (Phi) is 3.75. The number of hydrazone groups is 1. The molecule has 0 amide bonds. The number of ether oxygens (including phenoxy) is 2. The van der Waals surface area contributed by atoms with Gasteiger partial charge >= 0.3 is 16.8 Å². The van der Waals surface area contributed by atoms with Crippen molar-refractivity contribution in [2.75, 3.05) is 14.2 Å². The number of thioether (sulfide) groups is 1. The highest BCUT2D eigenvalue weighted by atomic mass is 32.2. The molecule has 0 aliphatic carbocycles. The van der Waals surface area contributed by atoms with Crippen molar-refractivity contribution in [2.24, 2.45) is 5.10 Å². The van der Waals surface area contributed by atoms with Crippen molar-refractivity contribution in [1.29, 1.82) is 0 Å². The smallest absolute Gasteiger partial charge is 0.356 e. The third-order valence-corrected chi connectivity index (χ3v) is 3.78. The van der Waals surface area contributed by atoms with E-state index in [1.807, 2.05) is 30.3 Å². The molecule has 0 bridgehead atoms. The van der Waals surface area contributed by atoms with Crippen LogP contribution >= 0.6 is 11.8 Å². The molecule has 0 atom stereocenters. The van der Waals surface area contributed by atoms with E-state index in [2.05, 4.69) is 20.0 Å². The topological polar surface area (TPSA) is 77.0 Å². The predicted octanol–water partition coefficient (Wildman–Crippen LogP) is 0.727. The number of methoxy groups -OCH3 is 2. The summed E-state index contributed by atoms with van der Waals surface area (Å²) >= 11 is 0.966. The molecule has 1 aliphatic heterocycles. The maximum atomic E-state index is 11.8. The normalized spacial score (nSPS) is 16.2. The quantitative estimate of drug-likeness (QED) is 0.649. The van der Waals surface area contributed by atoms with E-state index in [0.29, 0.717) is 5.04 Å². The molecule has 1 aliphatic rings. The second kappa shape index (κ2) is 5.31. The Bertz CT molecular complexity index is 514. The lowest BCUT2D eigenvalue weighted by Crippen LogP contribution is -2.52. The molecule has 0 saturated carbocycles. The zero-order valence-electron chi connectivity index (χ0n) is 10.4. The average Bonchev–Trinajstić information content (AvgIpc) is 2.93. The van der Waals surface area contributed by atoms with Crippen LogP contribution in [0.4, 0.5) is 0 Å². The second-order valence-corrected chi connectivity index (χ2v) is 4.86. The summed E-state index contributed by atoms with van der Waals surface area (Å²) in [7, 11) is 2.41. The predicted molar refractivity (Wildman–Crippen MR) is 70.5 cm³/mol. The summed E-state index contributed by atoms with van der Waals surface area (Å²) in [5.41, 5.74) is 3.32. The van der Waals surface area contributed by atoms with Crippen LogP contribution in [0.1, 0.15) is 5.56 Å². The first-order valence-electron chi connectivity index (χ1n) is 5.40. The molecular formula is C12H12N2O4S. The van der Waals surface area contributed by atoms with Gasteiger partial charge in [0, 0.05) is 5.56 Å². The van der Waals surface area contributed by atoms with Gasteiger partial charge in [0.2, 0.25) is 0 Å². The van der Waals surface area contributed by atoms with Gasteiger partial charge in [0.25, 0.3) is 0 Å². The van der Waals surface area contributed by atoms with Crippen molar-refractivity contribution in [3.8, 4) is 0 Å². The molecule has 1 aromatic rings. The summed E-state index contributed by atoms with van der Waals surface area (Å²) in [5, 5.41) is 4.55. The fourth-order valence-electron chi connectivity index (χ4n) is 1.57. The Labute approximate surface area is 114 Å². The fraction of sp³-hybridized carbons (Fsp3) is 0.250. The molecule has 7 heteroatoms. The minimum atomic E-state index is -1.67. The van der Waals surface area contributed by atoms with Crippen LogP contribution in [0.25, 0.3) is 0 Å². The Morgan fingerprint density at radius 2 is 1.74 bits per heavy atom. The van der Waals surface area contributed by atoms with Gasteiger partial charge in [-0.1, -0.05) is 42.1 Å². The van der Waals surface area contributed by atoms with Gasteiger partial charge in [-0.05, 0) is 0 Å². The summed E-state index contributed by atoms with van der Waals surface area (Å²) in [4.78, 5) is 22.0. The molecule has 1 N–H and O–H groups in total. The molecule has 0 spiro atoms. The van der Waals surface area contributed by atoms with Crippen LogP contribution in [0, 0.1) is 0 Å². The van der Waals surface area contributed by atoms with E-state index in [1.54, 1.807) is 0 Å². The average molecular weight is 280 g/mol. The van der Waals surface area contributed by atoms with Crippen LogP contribution in [-0.4, -0.2) is 36.1 Å². The zero-order chi connectivity index (χ0) is 13.9. The van der Waals surface area contributed by atoms with Gasteiger partial charge in [0.15, 0.2) is 0 Å². The van der Waals surface area contributed by atoms with Gasteiger partial charge in [-0.2, -0.15) is 5.10 Å². The van der Waals surface area contributed by atoms with E-state index in [4.69, 9.17) is 0 Å². The number of benzene rings is 1. The summed E-state index contributed by atoms with van der Waals surface area (Å²) in [6.07, 6.45) is 0. The number of esters is 2. The van der Waals surface area contributed by atoms with Crippen molar-refractivity contribution >= 4 is 28.7 Å². The summed E-state index contributed by atoms with van der Waals surface area (Å²) in [5.74, 6) is -1.50. The Hall–Kier alpha value is -2.02.